The topological polar surface area (TPSA) is 4.93 Å². The molecule has 0 aliphatic carbocycles. The lowest BCUT2D eigenvalue weighted by molar-refractivity contribution is 0.645. The summed E-state index contributed by atoms with van der Waals surface area (Å²) in [7, 11) is 0. The van der Waals surface area contributed by atoms with Crippen LogP contribution in [0.5, 0.6) is 0 Å². The Morgan fingerprint density at radius 1 is 0.633 bits per heavy atom. The molecule has 30 heavy (non-hydrogen) atoms. The van der Waals surface area contributed by atoms with Crippen LogP contribution in [-0.4, -0.2) is 11.3 Å². The molecule has 5 aromatic rings. The molecule has 2 heterocycles. The minimum atomic E-state index is -0.0164. The van der Waals surface area contributed by atoms with Gasteiger partial charge in [0.2, 0.25) is 0 Å². The lowest BCUT2D eigenvalue weighted by Gasteiger charge is -2.39. The number of rotatable bonds is 1. The number of para-hydroxylation sites is 2. The van der Waals surface area contributed by atoms with E-state index in [1.54, 1.807) is 0 Å². The van der Waals surface area contributed by atoms with Crippen LogP contribution >= 0.6 is 0 Å². The third-order valence-corrected chi connectivity index (χ3v) is 7.05. The summed E-state index contributed by atoms with van der Waals surface area (Å²) in [5, 5.41) is 2.67. The fraction of sp³-hybridized carbons (Fsp3) is 0.143. The van der Waals surface area contributed by atoms with E-state index >= 15 is 0 Å². The first-order valence-electron chi connectivity index (χ1n) is 10.8. The van der Waals surface area contributed by atoms with Gasteiger partial charge in [-0.25, -0.2) is 0 Å². The van der Waals surface area contributed by atoms with Gasteiger partial charge in [-0.1, -0.05) is 98.8 Å². The van der Waals surface area contributed by atoms with Crippen LogP contribution in [-0.2, 0) is 5.41 Å². The van der Waals surface area contributed by atoms with Crippen molar-refractivity contribution in [2.24, 2.45) is 0 Å². The maximum atomic E-state index is 2.59. The predicted octanol–water partition coefficient (Wildman–Crippen LogP) is 5.40. The highest BCUT2D eigenvalue weighted by atomic mass is 14.9. The predicted molar refractivity (Wildman–Crippen MR) is 130 cm³/mol. The van der Waals surface area contributed by atoms with Crippen LogP contribution in [0.2, 0.25) is 0 Å². The molecule has 0 amide bonds. The Morgan fingerprint density at radius 2 is 1.20 bits per heavy atom. The molecule has 1 aliphatic heterocycles. The van der Waals surface area contributed by atoms with Crippen molar-refractivity contribution < 1.29 is 0 Å². The van der Waals surface area contributed by atoms with Crippen LogP contribution in [0.25, 0.3) is 21.8 Å². The molecule has 0 saturated carbocycles. The summed E-state index contributed by atoms with van der Waals surface area (Å²) in [6, 6.07) is 33.6. The van der Waals surface area contributed by atoms with Crippen LogP contribution in [0.3, 0.4) is 0 Å². The van der Waals surface area contributed by atoms with Gasteiger partial charge in [0, 0.05) is 27.2 Å². The van der Waals surface area contributed by atoms with E-state index in [0.29, 0.717) is 0 Å². The Labute approximate surface area is 178 Å². The highest BCUT2D eigenvalue weighted by Gasteiger charge is 2.41. The van der Waals surface area contributed by atoms with E-state index in [0.717, 1.165) is 0 Å². The molecular formula is C28H24BN. The summed E-state index contributed by atoms with van der Waals surface area (Å²) in [6.45, 7) is 7.12. The van der Waals surface area contributed by atoms with Crippen molar-refractivity contribution in [2.75, 3.05) is 0 Å². The van der Waals surface area contributed by atoms with Crippen LogP contribution in [0, 0.1) is 6.92 Å². The molecule has 6 rings (SSSR count). The molecular weight excluding hydrogens is 361 g/mol. The van der Waals surface area contributed by atoms with Gasteiger partial charge in [0.25, 0.3) is 0 Å². The van der Waals surface area contributed by atoms with Crippen molar-refractivity contribution >= 4 is 39.6 Å². The molecule has 1 aromatic heterocycles. The standard InChI is InChI=1S/C28H24BN/c1-19-11-10-13-21-20-12-4-9-18-26(20)30(27(19)21)29-24-16-7-5-14-22(24)28(2,3)23-15-6-8-17-25(23)29/h4-18H,1-3H3. The highest BCUT2D eigenvalue weighted by Crippen LogP contribution is 2.36. The first-order chi connectivity index (χ1) is 14.6. The minimum Gasteiger partial charge on any atom is -0.376 e. The van der Waals surface area contributed by atoms with Gasteiger partial charge in [-0.2, -0.15) is 0 Å². The molecule has 4 aromatic carbocycles. The first kappa shape index (κ1) is 17.6. The van der Waals surface area contributed by atoms with Gasteiger partial charge in [-0.15, -0.1) is 0 Å². The number of aryl methyl sites for hydroxylation is 1. The second-order valence-electron chi connectivity index (χ2n) is 9.06. The molecule has 0 bridgehead atoms. The zero-order valence-corrected chi connectivity index (χ0v) is 17.7. The largest absolute Gasteiger partial charge is 0.376 e. The van der Waals surface area contributed by atoms with Crippen LogP contribution < -0.4 is 10.9 Å². The smallest absolute Gasteiger partial charge is 0.328 e. The van der Waals surface area contributed by atoms with E-state index < -0.39 is 0 Å². The molecule has 0 saturated heterocycles. The average Bonchev–Trinajstić information content (AvgIpc) is 3.10. The van der Waals surface area contributed by atoms with Crippen LogP contribution in [0.4, 0.5) is 0 Å². The number of benzene rings is 4. The van der Waals surface area contributed by atoms with Crippen molar-refractivity contribution in [3.63, 3.8) is 0 Å². The van der Waals surface area contributed by atoms with E-state index in [1.165, 1.54) is 49.4 Å². The molecule has 1 nitrogen and oxygen atoms in total. The van der Waals surface area contributed by atoms with E-state index in [4.69, 9.17) is 0 Å². The van der Waals surface area contributed by atoms with Crippen molar-refractivity contribution in [1.29, 1.82) is 0 Å². The second kappa shape index (κ2) is 6.12. The fourth-order valence-corrected chi connectivity index (χ4v) is 5.70. The summed E-state index contributed by atoms with van der Waals surface area (Å²) in [5.74, 6) is 0. The third kappa shape index (κ3) is 2.19. The number of fused-ring (bicyclic) bond motifs is 5. The first-order valence-corrected chi connectivity index (χ1v) is 10.8. The molecule has 1 aliphatic rings. The molecule has 2 heteroatoms. The third-order valence-electron chi connectivity index (χ3n) is 7.05. The quantitative estimate of drug-likeness (QED) is 0.341. The summed E-state index contributed by atoms with van der Waals surface area (Å²) in [5.41, 5.74) is 9.62. The molecule has 0 unspecified atom stereocenters. The van der Waals surface area contributed by atoms with Gasteiger partial charge in [0.05, 0.1) is 0 Å². The van der Waals surface area contributed by atoms with E-state index in [9.17, 15) is 0 Å². The summed E-state index contributed by atoms with van der Waals surface area (Å²) in [4.78, 5) is 0. The van der Waals surface area contributed by atoms with Crippen molar-refractivity contribution in [1.82, 2.24) is 4.48 Å². The highest BCUT2D eigenvalue weighted by molar-refractivity contribution is 6.86. The van der Waals surface area contributed by atoms with Gasteiger partial charge < -0.3 is 4.48 Å². The Bertz CT molecular complexity index is 1390. The molecule has 0 radical (unpaired) electrons. The number of aromatic nitrogens is 1. The van der Waals surface area contributed by atoms with E-state index in [1.807, 2.05) is 0 Å². The van der Waals surface area contributed by atoms with Gasteiger partial charge in [0.1, 0.15) is 0 Å². The average molecular weight is 385 g/mol. The number of hydrogen-bond donors (Lipinski definition) is 0. The lowest BCUT2D eigenvalue weighted by atomic mass is 9.41. The van der Waals surface area contributed by atoms with Gasteiger partial charge in [-0.05, 0) is 40.6 Å². The van der Waals surface area contributed by atoms with Gasteiger partial charge in [0.15, 0.2) is 0 Å². The monoisotopic (exact) mass is 385 g/mol. The molecule has 0 N–H and O–H groups in total. The Balaban J connectivity index is 1.82. The number of hydrogen-bond acceptors (Lipinski definition) is 0. The Kier molecular flexibility index (Phi) is 3.59. The van der Waals surface area contributed by atoms with Gasteiger partial charge >= 0.3 is 6.85 Å². The maximum absolute atomic E-state index is 2.59. The molecule has 0 fully saturated rings. The second-order valence-corrected chi connectivity index (χ2v) is 9.06. The summed E-state index contributed by atoms with van der Waals surface area (Å²) in [6.07, 6.45) is 0. The fourth-order valence-electron chi connectivity index (χ4n) is 5.70. The maximum Gasteiger partial charge on any atom is 0.328 e. The van der Waals surface area contributed by atoms with Crippen LogP contribution in [0.1, 0.15) is 30.5 Å². The zero-order chi connectivity index (χ0) is 20.5. The summed E-state index contributed by atoms with van der Waals surface area (Å²) < 4.78 is 2.59. The lowest BCUT2D eigenvalue weighted by Crippen LogP contribution is -2.58. The number of nitrogens with zero attached hydrogens (tertiary/aromatic N) is 1. The zero-order valence-electron chi connectivity index (χ0n) is 17.7. The van der Waals surface area contributed by atoms with E-state index in [-0.39, 0.29) is 12.3 Å². The Morgan fingerprint density at radius 3 is 1.90 bits per heavy atom. The SMILES string of the molecule is Cc1cccc2c3ccccc3n(B3c4ccccc4C(C)(C)c4ccccc43)c12. The van der Waals surface area contributed by atoms with E-state index in [2.05, 4.69) is 116 Å². The van der Waals surface area contributed by atoms with Crippen LogP contribution in [0.15, 0.2) is 91.0 Å². The molecule has 144 valence electrons. The minimum absolute atomic E-state index is 0.0164. The van der Waals surface area contributed by atoms with Gasteiger partial charge in [-0.3, -0.25) is 0 Å². The van der Waals surface area contributed by atoms with Crippen molar-refractivity contribution in [3.05, 3.63) is 108 Å². The Hall–Kier alpha value is -3.26. The normalized spacial score (nSPS) is 14.7. The molecule has 0 spiro atoms. The van der Waals surface area contributed by atoms with Crippen molar-refractivity contribution in [2.45, 2.75) is 26.2 Å². The summed E-state index contributed by atoms with van der Waals surface area (Å²) >= 11 is 0. The molecule has 0 atom stereocenters. The van der Waals surface area contributed by atoms with Crippen molar-refractivity contribution in [3.8, 4) is 0 Å².